The van der Waals surface area contributed by atoms with Gasteiger partial charge in [0.1, 0.15) is 23.1 Å². The summed E-state index contributed by atoms with van der Waals surface area (Å²) in [7, 11) is 1.28. The lowest BCUT2D eigenvalue weighted by atomic mass is 9.94. The second-order valence-electron chi connectivity index (χ2n) is 13.3. The predicted molar refractivity (Wildman–Crippen MR) is 208 cm³/mol. The molecule has 2 aromatic heterocycles. The Kier molecular flexibility index (Phi) is 12.3. The van der Waals surface area contributed by atoms with Gasteiger partial charge in [0.2, 0.25) is 11.8 Å². The molecule has 4 aromatic rings. The Hall–Kier alpha value is -4.91. The third-order valence-electron chi connectivity index (χ3n) is 9.80. The Labute approximate surface area is 323 Å². The van der Waals surface area contributed by atoms with Crippen molar-refractivity contribution in [3.05, 3.63) is 91.8 Å². The first-order chi connectivity index (χ1) is 26.0. The van der Waals surface area contributed by atoms with Crippen molar-refractivity contribution < 1.29 is 24.2 Å². The van der Waals surface area contributed by atoms with Gasteiger partial charge in [-0.15, -0.1) is 21.5 Å². The molecule has 4 heterocycles. The van der Waals surface area contributed by atoms with Crippen molar-refractivity contribution >= 4 is 52.1 Å². The highest BCUT2D eigenvalue weighted by Crippen LogP contribution is 2.40. The number of carbonyl (C=O) groups excluding carboxylic acids is 3. The number of aliphatic hydroxyl groups excluding tert-OH is 1. The molecule has 15 heteroatoms. The molecule has 2 aromatic carbocycles. The van der Waals surface area contributed by atoms with E-state index in [1.807, 2.05) is 40.7 Å². The number of halogens is 1. The number of aliphatic hydroxyl groups is 1. The fraction of sp³-hybridized carbons (Fsp3) is 0.385. The summed E-state index contributed by atoms with van der Waals surface area (Å²) in [6.07, 6.45) is 0.579. The number of aryl methyl sites for hydroxylation is 2. The third kappa shape index (κ3) is 8.41. The highest BCUT2D eigenvalue weighted by molar-refractivity contribution is 7.15. The number of hydrogen-bond acceptors (Lipinski definition) is 11. The van der Waals surface area contributed by atoms with Gasteiger partial charge in [0.05, 0.1) is 31.4 Å². The number of methoxy groups -OCH3 is 1. The quantitative estimate of drug-likeness (QED) is 0.103. The Balaban J connectivity index is 1.05. The summed E-state index contributed by atoms with van der Waals surface area (Å²) < 4.78 is 6.85. The molecule has 54 heavy (non-hydrogen) atoms. The summed E-state index contributed by atoms with van der Waals surface area (Å²) in [4.78, 5) is 46.9. The molecule has 0 aliphatic carbocycles. The first-order valence-electron chi connectivity index (χ1n) is 17.8. The fourth-order valence-corrected chi connectivity index (χ4v) is 8.11. The van der Waals surface area contributed by atoms with Gasteiger partial charge in [-0.25, -0.2) is 4.79 Å². The van der Waals surface area contributed by atoms with E-state index in [0.29, 0.717) is 48.0 Å². The topological polar surface area (TPSA) is 177 Å². The minimum atomic E-state index is -0.840. The number of aromatic nitrogens is 3. The first-order valence-corrected chi connectivity index (χ1v) is 18.9. The summed E-state index contributed by atoms with van der Waals surface area (Å²) >= 11 is 7.90. The largest absolute Gasteiger partial charge is 0.465 e. The number of fused-ring (bicyclic) bond motifs is 3. The van der Waals surface area contributed by atoms with Crippen LogP contribution in [-0.4, -0.2) is 87.8 Å². The average molecular weight is 771 g/mol. The maximum absolute atomic E-state index is 13.9. The van der Waals surface area contributed by atoms with Gasteiger partial charge in [0.15, 0.2) is 5.82 Å². The summed E-state index contributed by atoms with van der Waals surface area (Å²) in [5, 5.41) is 27.3. The summed E-state index contributed by atoms with van der Waals surface area (Å²) in [5.41, 5.74) is 10.5. The number of hydrogen-bond donors (Lipinski definition) is 4. The molecule has 13 nitrogen and oxygen atoms in total. The van der Waals surface area contributed by atoms with Crippen LogP contribution in [0, 0.1) is 38.5 Å². The molecule has 6 rings (SSSR count). The molecule has 5 N–H and O–H groups in total. The van der Waals surface area contributed by atoms with Crippen molar-refractivity contribution in [1.29, 1.82) is 0 Å². The zero-order valence-electron chi connectivity index (χ0n) is 30.6. The van der Waals surface area contributed by atoms with Gasteiger partial charge in [-0.05, 0) is 69.5 Å². The molecule has 0 spiro atoms. The second-order valence-corrected chi connectivity index (χ2v) is 14.9. The van der Waals surface area contributed by atoms with Crippen LogP contribution in [0.25, 0.3) is 5.00 Å². The number of carbonyl (C=O) groups is 3. The molecule has 0 saturated carbocycles. The van der Waals surface area contributed by atoms with Gasteiger partial charge < -0.3 is 25.8 Å². The van der Waals surface area contributed by atoms with E-state index in [1.165, 1.54) is 18.1 Å². The van der Waals surface area contributed by atoms with Crippen LogP contribution in [0.5, 0.6) is 0 Å². The van der Waals surface area contributed by atoms with Crippen LogP contribution in [0.3, 0.4) is 0 Å². The Morgan fingerprint density at radius 3 is 2.56 bits per heavy atom. The van der Waals surface area contributed by atoms with Crippen molar-refractivity contribution in [2.75, 3.05) is 38.6 Å². The van der Waals surface area contributed by atoms with Crippen LogP contribution in [0.15, 0.2) is 47.5 Å². The van der Waals surface area contributed by atoms with Crippen molar-refractivity contribution in [3.8, 4) is 16.8 Å². The van der Waals surface area contributed by atoms with Gasteiger partial charge in [-0.2, -0.15) is 0 Å². The van der Waals surface area contributed by atoms with E-state index in [4.69, 9.17) is 27.1 Å². The van der Waals surface area contributed by atoms with Gasteiger partial charge in [0, 0.05) is 64.3 Å². The number of amides is 2. The standard InChI is InChI=1S/C39H43ClN8O5S/c1-22-23(2)54-38-34(22)35(25-7-9-28(40)10-8-25)44-31(36-46-45-24(3)48(36)38)21-33(50)47-18-14-26(15-19-47)37(51)42-17-13-32(49)43-29-11-12-30(39(52)53-4)27(20-29)6-5-16-41/h7-12,20,26,31,37,42,51H,13-19,21,41H2,1-4H3,(H,43,49)/t31-,37?/m0/s1. The number of piperidine rings is 1. The number of ether oxygens (including phenoxy) is 1. The van der Waals surface area contributed by atoms with Crippen LogP contribution in [0.2, 0.25) is 5.02 Å². The summed E-state index contributed by atoms with van der Waals surface area (Å²) in [6.45, 7) is 7.42. The van der Waals surface area contributed by atoms with Crippen molar-refractivity contribution in [3.63, 3.8) is 0 Å². The summed E-state index contributed by atoms with van der Waals surface area (Å²) in [5.74, 6) is 5.97. The first kappa shape index (κ1) is 38.8. The van der Waals surface area contributed by atoms with Crippen molar-refractivity contribution in [1.82, 2.24) is 25.0 Å². The highest BCUT2D eigenvalue weighted by atomic mass is 35.5. The fourth-order valence-electron chi connectivity index (χ4n) is 6.77. The number of nitrogens with two attached hydrogens (primary N) is 1. The van der Waals surface area contributed by atoms with Crippen LogP contribution in [0.1, 0.15) is 80.9 Å². The smallest absolute Gasteiger partial charge is 0.339 e. The van der Waals surface area contributed by atoms with Gasteiger partial charge >= 0.3 is 5.97 Å². The van der Waals surface area contributed by atoms with E-state index in [-0.39, 0.29) is 49.2 Å². The number of thiophene rings is 1. The number of nitrogens with zero attached hydrogens (tertiary/aromatic N) is 5. The van der Waals surface area contributed by atoms with E-state index in [0.717, 1.165) is 33.2 Å². The molecule has 2 atom stereocenters. The van der Waals surface area contributed by atoms with Crippen LogP contribution >= 0.6 is 22.9 Å². The molecule has 2 aliphatic rings. The van der Waals surface area contributed by atoms with Gasteiger partial charge in [-0.3, -0.25) is 24.5 Å². The lowest BCUT2D eigenvalue weighted by Gasteiger charge is -2.35. The van der Waals surface area contributed by atoms with E-state index < -0.39 is 18.2 Å². The molecule has 0 bridgehead atoms. The number of esters is 1. The van der Waals surface area contributed by atoms with Crippen LogP contribution in [-0.2, 0) is 14.3 Å². The number of anilines is 1. The molecule has 282 valence electrons. The van der Waals surface area contributed by atoms with Gasteiger partial charge in [0.25, 0.3) is 0 Å². The zero-order valence-corrected chi connectivity index (χ0v) is 32.2. The molecule has 1 fully saturated rings. The Bertz CT molecular complexity index is 2140. The number of benzene rings is 2. The van der Waals surface area contributed by atoms with Crippen LogP contribution in [0.4, 0.5) is 5.69 Å². The van der Waals surface area contributed by atoms with Crippen molar-refractivity contribution in [2.45, 2.75) is 58.7 Å². The molecular formula is C39H43ClN8O5S. The lowest BCUT2D eigenvalue weighted by molar-refractivity contribution is -0.133. The molecule has 0 radical (unpaired) electrons. The van der Waals surface area contributed by atoms with E-state index in [9.17, 15) is 19.5 Å². The summed E-state index contributed by atoms with van der Waals surface area (Å²) in [6, 6.07) is 11.8. The monoisotopic (exact) mass is 770 g/mol. The number of nitrogens with one attached hydrogen (secondary N) is 2. The van der Waals surface area contributed by atoms with Crippen molar-refractivity contribution in [2.24, 2.45) is 16.6 Å². The minimum Gasteiger partial charge on any atom is -0.465 e. The Morgan fingerprint density at radius 1 is 1.11 bits per heavy atom. The van der Waals surface area contributed by atoms with E-state index in [1.54, 1.807) is 23.5 Å². The molecule has 1 saturated heterocycles. The third-order valence-corrected chi connectivity index (χ3v) is 11.2. The van der Waals surface area contributed by atoms with E-state index in [2.05, 4.69) is 46.5 Å². The average Bonchev–Trinajstić information content (AvgIpc) is 3.65. The highest BCUT2D eigenvalue weighted by Gasteiger charge is 2.34. The SMILES string of the molecule is COC(=O)c1ccc(NC(=O)CCNC(O)C2CCN(C(=O)C[C@@H]3N=C(c4ccc(Cl)cc4)c4c(sc(C)c4C)-n4c(C)nnc43)CC2)cc1C#CCN. The van der Waals surface area contributed by atoms with Crippen LogP contribution < -0.4 is 16.4 Å². The van der Waals surface area contributed by atoms with E-state index >= 15 is 0 Å². The maximum Gasteiger partial charge on any atom is 0.339 e. The molecular weight excluding hydrogens is 728 g/mol. The lowest BCUT2D eigenvalue weighted by Crippen LogP contribution is -2.45. The number of aliphatic imine (C=N–C) groups is 1. The number of rotatable bonds is 10. The normalized spacial score (nSPS) is 15.9. The molecule has 2 aliphatic heterocycles. The Morgan fingerprint density at radius 2 is 1.85 bits per heavy atom. The maximum atomic E-state index is 13.9. The zero-order chi connectivity index (χ0) is 38.5. The number of likely N-dealkylation sites (tertiary alicyclic amines) is 1. The molecule has 1 unspecified atom stereocenters. The minimum absolute atomic E-state index is 0.0427. The van der Waals surface area contributed by atoms with Gasteiger partial charge in [-0.1, -0.05) is 35.6 Å². The second kappa shape index (κ2) is 17.0. The molecule has 2 amide bonds. The predicted octanol–water partition coefficient (Wildman–Crippen LogP) is 4.46.